The molecule has 1 fully saturated rings. The number of hydrogen-bond acceptors (Lipinski definition) is 5. The number of amides is 1. The fourth-order valence-corrected chi connectivity index (χ4v) is 4.87. The normalized spacial score (nSPS) is 19.4. The quantitative estimate of drug-likeness (QED) is 0.840. The van der Waals surface area contributed by atoms with Crippen molar-refractivity contribution < 1.29 is 13.2 Å². The largest absolute Gasteiger partial charge is 0.351 e. The zero-order valence-corrected chi connectivity index (χ0v) is 15.1. The summed E-state index contributed by atoms with van der Waals surface area (Å²) in [5, 5.41) is 3.93. The second kappa shape index (κ2) is 7.49. The number of nitrogens with one attached hydrogen (secondary N) is 1. The van der Waals surface area contributed by atoms with E-state index in [1.54, 1.807) is 6.20 Å². The molecular formula is C18H23N3O3S. The number of fused-ring (bicyclic) bond motifs is 1. The van der Waals surface area contributed by atoms with Gasteiger partial charge in [-0.25, -0.2) is 8.42 Å². The minimum Gasteiger partial charge on any atom is -0.351 e. The molecule has 134 valence electrons. The molecule has 1 atom stereocenters. The summed E-state index contributed by atoms with van der Waals surface area (Å²) < 4.78 is 23.0. The first kappa shape index (κ1) is 17.8. The molecular weight excluding hydrogens is 338 g/mol. The molecule has 7 heteroatoms. The molecule has 3 rings (SSSR count). The van der Waals surface area contributed by atoms with Gasteiger partial charge in [-0.15, -0.1) is 0 Å². The number of benzene rings is 1. The van der Waals surface area contributed by atoms with Gasteiger partial charge in [-0.2, -0.15) is 0 Å². The summed E-state index contributed by atoms with van der Waals surface area (Å²) in [5.41, 5.74) is 2.03. The van der Waals surface area contributed by atoms with E-state index < -0.39 is 9.84 Å². The fourth-order valence-electron chi connectivity index (χ4n) is 3.20. The van der Waals surface area contributed by atoms with Crippen molar-refractivity contribution in [3.05, 3.63) is 42.1 Å². The Kier molecular flexibility index (Phi) is 5.34. The lowest BCUT2D eigenvalue weighted by Crippen LogP contribution is -2.42. The summed E-state index contributed by atoms with van der Waals surface area (Å²) in [7, 11) is -2.98. The van der Waals surface area contributed by atoms with Crippen LogP contribution >= 0.6 is 0 Å². The zero-order chi connectivity index (χ0) is 17.9. The third kappa shape index (κ3) is 4.55. The number of sulfone groups is 1. The van der Waals surface area contributed by atoms with Crippen molar-refractivity contribution in [3.8, 4) is 0 Å². The van der Waals surface area contributed by atoms with E-state index >= 15 is 0 Å². The Bertz CT molecular complexity index is 862. The minimum absolute atomic E-state index is 0.0537. The molecule has 1 N–H and O–H groups in total. The monoisotopic (exact) mass is 361 g/mol. The van der Waals surface area contributed by atoms with E-state index in [1.165, 1.54) is 0 Å². The Balaban J connectivity index is 1.63. The zero-order valence-electron chi connectivity index (χ0n) is 14.3. The van der Waals surface area contributed by atoms with Crippen molar-refractivity contribution in [2.75, 3.05) is 24.6 Å². The lowest BCUT2D eigenvalue weighted by Gasteiger charge is -2.21. The van der Waals surface area contributed by atoms with Crippen molar-refractivity contribution >= 4 is 26.6 Å². The highest BCUT2D eigenvalue weighted by molar-refractivity contribution is 7.91. The molecule has 1 amide bonds. The van der Waals surface area contributed by atoms with Crippen molar-refractivity contribution in [1.82, 2.24) is 15.2 Å². The van der Waals surface area contributed by atoms with Gasteiger partial charge in [0, 0.05) is 24.2 Å². The Morgan fingerprint density at radius 1 is 1.32 bits per heavy atom. The molecule has 0 aliphatic carbocycles. The highest BCUT2D eigenvalue weighted by atomic mass is 32.2. The van der Waals surface area contributed by atoms with Crippen LogP contribution in [-0.2, 0) is 21.2 Å². The molecule has 0 saturated carbocycles. The summed E-state index contributed by atoms with van der Waals surface area (Å²) >= 11 is 0. The standard InChI is InChI=1S/C18H23N3O3S/c1-2-21(12-17(22)20-16-8-10-25(23,24)13-16)11-15-6-3-5-14-7-4-9-19-18(14)15/h3-7,9,16H,2,8,10-13H2,1H3,(H,20,22)/t16-/m1/s1. The van der Waals surface area contributed by atoms with Crippen molar-refractivity contribution in [1.29, 1.82) is 0 Å². The molecule has 0 spiro atoms. The Hall–Kier alpha value is -1.99. The van der Waals surface area contributed by atoms with Crippen LogP contribution in [0.5, 0.6) is 0 Å². The maximum Gasteiger partial charge on any atom is 0.234 e. The van der Waals surface area contributed by atoms with Crippen LogP contribution in [-0.4, -0.2) is 54.8 Å². The van der Waals surface area contributed by atoms with E-state index in [9.17, 15) is 13.2 Å². The van der Waals surface area contributed by atoms with Gasteiger partial charge in [0.25, 0.3) is 0 Å². The van der Waals surface area contributed by atoms with Crippen LogP contribution in [0.25, 0.3) is 10.9 Å². The van der Waals surface area contributed by atoms with Gasteiger partial charge in [0.05, 0.1) is 23.6 Å². The molecule has 1 aliphatic rings. The van der Waals surface area contributed by atoms with Crippen LogP contribution in [0.2, 0.25) is 0 Å². The second-order valence-corrected chi connectivity index (χ2v) is 8.69. The van der Waals surface area contributed by atoms with Crippen molar-refractivity contribution in [2.45, 2.75) is 25.9 Å². The number of carbonyl (C=O) groups is 1. The Morgan fingerprint density at radius 2 is 2.12 bits per heavy atom. The number of carbonyl (C=O) groups excluding carboxylic acids is 1. The van der Waals surface area contributed by atoms with E-state index in [0.717, 1.165) is 23.0 Å². The van der Waals surface area contributed by atoms with Crippen LogP contribution < -0.4 is 5.32 Å². The van der Waals surface area contributed by atoms with Gasteiger partial charge < -0.3 is 5.32 Å². The smallest absolute Gasteiger partial charge is 0.234 e. The minimum atomic E-state index is -2.98. The lowest BCUT2D eigenvalue weighted by atomic mass is 10.1. The van der Waals surface area contributed by atoms with Crippen LogP contribution in [0.4, 0.5) is 0 Å². The molecule has 0 unspecified atom stereocenters. The predicted molar refractivity (Wildman–Crippen MR) is 97.9 cm³/mol. The first-order chi connectivity index (χ1) is 12.0. The van der Waals surface area contributed by atoms with Crippen molar-refractivity contribution in [3.63, 3.8) is 0 Å². The maximum atomic E-state index is 12.3. The first-order valence-corrected chi connectivity index (χ1v) is 10.3. The van der Waals surface area contributed by atoms with Crippen LogP contribution in [0, 0.1) is 0 Å². The number of aromatic nitrogens is 1. The van der Waals surface area contributed by atoms with Gasteiger partial charge in [-0.3, -0.25) is 14.7 Å². The molecule has 1 aromatic heterocycles. The van der Waals surface area contributed by atoms with E-state index in [0.29, 0.717) is 13.0 Å². The molecule has 25 heavy (non-hydrogen) atoms. The molecule has 1 saturated heterocycles. The Morgan fingerprint density at radius 3 is 2.84 bits per heavy atom. The van der Waals surface area contributed by atoms with Crippen molar-refractivity contribution in [2.24, 2.45) is 0 Å². The molecule has 1 aliphatic heterocycles. The second-order valence-electron chi connectivity index (χ2n) is 6.46. The molecule has 1 aromatic carbocycles. The number of nitrogens with zero attached hydrogens (tertiary/aromatic N) is 2. The highest BCUT2D eigenvalue weighted by Crippen LogP contribution is 2.17. The SMILES string of the molecule is CCN(CC(=O)N[C@@H]1CCS(=O)(=O)C1)Cc1cccc2cccnc12. The summed E-state index contributed by atoms with van der Waals surface area (Å²) in [6, 6.07) is 9.73. The number of likely N-dealkylation sites (N-methyl/N-ethyl adjacent to an activating group) is 1. The number of para-hydroxylation sites is 1. The van der Waals surface area contributed by atoms with Crippen LogP contribution in [0.15, 0.2) is 36.5 Å². The number of hydrogen-bond donors (Lipinski definition) is 1. The number of pyridine rings is 1. The molecule has 0 radical (unpaired) electrons. The topological polar surface area (TPSA) is 79.4 Å². The van der Waals surface area contributed by atoms with E-state index in [4.69, 9.17) is 0 Å². The highest BCUT2D eigenvalue weighted by Gasteiger charge is 2.29. The number of rotatable bonds is 6. The van der Waals surface area contributed by atoms with Gasteiger partial charge in [0.15, 0.2) is 9.84 Å². The molecule has 2 heterocycles. The summed E-state index contributed by atoms with van der Waals surface area (Å²) in [6.45, 7) is 3.60. The first-order valence-electron chi connectivity index (χ1n) is 8.51. The van der Waals surface area contributed by atoms with E-state index in [-0.39, 0.29) is 30.0 Å². The molecule has 0 bridgehead atoms. The maximum absolute atomic E-state index is 12.3. The predicted octanol–water partition coefficient (Wildman–Crippen LogP) is 1.36. The van der Waals surface area contributed by atoms with E-state index in [2.05, 4.69) is 10.3 Å². The van der Waals surface area contributed by atoms with Gasteiger partial charge in [0.2, 0.25) is 5.91 Å². The summed E-state index contributed by atoms with van der Waals surface area (Å²) in [5.74, 6) is 0.0898. The van der Waals surface area contributed by atoms with E-state index in [1.807, 2.05) is 42.2 Å². The third-order valence-corrected chi connectivity index (χ3v) is 6.29. The molecule has 6 nitrogen and oxygen atoms in total. The fraction of sp³-hybridized carbons (Fsp3) is 0.444. The third-order valence-electron chi connectivity index (χ3n) is 4.52. The Labute approximate surface area is 148 Å². The molecule has 2 aromatic rings. The lowest BCUT2D eigenvalue weighted by molar-refractivity contribution is -0.122. The average Bonchev–Trinajstić information content (AvgIpc) is 2.93. The summed E-state index contributed by atoms with van der Waals surface area (Å²) in [4.78, 5) is 18.8. The van der Waals surface area contributed by atoms with Gasteiger partial charge >= 0.3 is 0 Å². The van der Waals surface area contributed by atoms with Gasteiger partial charge in [0.1, 0.15) is 0 Å². The van der Waals surface area contributed by atoms with Gasteiger partial charge in [-0.05, 0) is 24.6 Å². The summed E-state index contributed by atoms with van der Waals surface area (Å²) in [6.07, 6.45) is 2.28. The average molecular weight is 361 g/mol. The van der Waals surface area contributed by atoms with Gasteiger partial charge in [-0.1, -0.05) is 31.2 Å². The van der Waals surface area contributed by atoms with Crippen LogP contribution in [0.3, 0.4) is 0 Å². The van der Waals surface area contributed by atoms with Crippen LogP contribution in [0.1, 0.15) is 18.9 Å².